The zero-order chi connectivity index (χ0) is 39.8. The van der Waals surface area contributed by atoms with Gasteiger partial charge in [-0.3, -0.25) is 4.79 Å². The fraction of sp³-hybridized carbons (Fsp3) is 0.932. The van der Waals surface area contributed by atoms with Crippen LogP contribution in [-0.2, 0) is 14.3 Å². The second kappa shape index (κ2) is 34.0. The Bertz CT molecular complexity index is 888. The van der Waals surface area contributed by atoms with Crippen molar-refractivity contribution in [2.24, 2.45) is 5.92 Å². The van der Waals surface area contributed by atoms with Gasteiger partial charge in [0.25, 0.3) is 0 Å². The number of aliphatic hydroxyl groups is 6. The van der Waals surface area contributed by atoms with E-state index in [1.165, 1.54) is 122 Å². The first-order chi connectivity index (χ1) is 26.1. The number of hydrogen-bond acceptors (Lipinski definition) is 9. The van der Waals surface area contributed by atoms with E-state index in [-0.39, 0.29) is 6.61 Å². The van der Waals surface area contributed by atoms with Crippen LogP contribution in [0.5, 0.6) is 0 Å². The standard InChI is InChI=1S/C44H85NO9/c1-4-5-6-7-8-9-10-11-12-13-14-15-16-19-23-26-29-32-38(48)43(52)45-36(34-53-44-42(51)41(50)40(49)39(33-46)54-44)37(47)31-28-25-22-20-17-18-21-24-27-30-35(2)3/h28,31,35-42,44,46-51H,4-27,29-30,32-34H2,1-3H3,(H,45,52)/b31-28+/t36-,37+,38?,39+,40+,41-,42+,44+/m0/s1. The first kappa shape index (κ1) is 50.9. The quantitative estimate of drug-likeness (QED) is 0.0249. The Kier molecular flexibility index (Phi) is 32.0. The number of rotatable bonds is 36. The van der Waals surface area contributed by atoms with Crippen LogP contribution < -0.4 is 5.32 Å². The molecule has 0 radical (unpaired) electrons. The van der Waals surface area contributed by atoms with E-state index < -0.39 is 61.5 Å². The van der Waals surface area contributed by atoms with E-state index in [1.807, 2.05) is 6.08 Å². The molecule has 1 unspecified atom stereocenters. The minimum Gasteiger partial charge on any atom is -0.394 e. The highest BCUT2D eigenvalue weighted by Crippen LogP contribution is 2.23. The summed E-state index contributed by atoms with van der Waals surface area (Å²) in [5.41, 5.74) is 0. The highest BCUT2D eigenvalue weighted by Gasteiger charge is 2.44. The first-order valence-electron chi connectivity index (χ1n) is 22.4. The highest BCUT2D eigenvalue weighted by molar-refractivity contribution is 5.80. The molecule has 8 atom stereocenters. The summed E-state index contributed by atoms with van der Waals surface area (Å²) in [6.45, 7) is 5.89. The van der Waals surface area contributed by atoms with Gasteiger partial charge in [-0.15, -0.1) is 0 Å². The third-order valence-electron chi connectivity index (χ3n) is 10.9. The summed E-state index contributed by atoms with van der Waals surface area (Å²) in [4.78, 5) is 13.0. The molecule has 10 heteroatoms. The SMILES string of the molecule is CCCCCCCCCCCCCCCCCCCC(O)C(=O)N[C@@H](CO[C@@H]1O[C@H](CO)[C@@H](O)[C@H](O)[C@H]1O)[C@H](O)/C=C/CCCCCCCCCC(C)C. The lowest BCUT2D eigenvalue weighted by molar-refractivity contribution is -0.302. The molecule has 0 saturated carbocycles. The van der Waals surface area contributed by atoms with E-state index in [9.17, 15) is 35.4 Å². The summed E-state index contributed by atoms with van der Waals surface area (Å²) in [5, 5.41) is 64.5. The van der Waals surface area contributed by atoms with E-state index in [2.05, 4.69) is 26.1 Å². The fourth-order valence-electron chi connectivity index (χ4n) is 7.17. The van der Waals surface area contributed by atoms with Gasteiger partial charge in [-0.05, 0) is 25.2 Å². The van der Waals surface area contributed by atoms with E-state index in [0.717, 1.165) is 50.9 Å². The number of unbranched alkanes of at least 4 members (excludes halogenated alkanes) is 23. The smallest absolute Gasteiger partial charge is 0.249 e. The number of hydrogen-bond donors (Lipinski definition) is 7. The third-order valence-corrected chi connectivity index (χ3v) is 10.9. The zero-order valence-electron chi connectivity index (χ0n) is 34.8. The Hall–Kier alpha value is -1.11. The molecule has 10 nitrogen and oxygen atoms in total. The molecule has 0 aliphatic carbocycles. The number of ether oxygens (including phenoxy) is 2. The molecule has 1 amide bonds. The maximum atomic E-state index is 13.0. The Morgan fingerprint density at radius 1 is 0.667 bits per heavy atom. The molecule has 1 heterocycles. The normalized spacial score (nSPS) is 22.2. The van der Waals surface area contributed by atoms with Crippen LogP contribution in [0.2, 0.25) is 0 Å². The molecular formula is C44H85NO9. The number of nitrogens with one attached hydrogen (secondary N) is 1. The molecule has 320 valence electrons. The lowest BCUT2D eigenvalue weighted by atomic mass is 9.99. The van der Waals surface area contributed by atoms with Crippen molar-refractivity contribution >= 4 is 5.91 Å². The minimum atomic E-state index is -1.61. The highest BCUT2D eigenvalue weighted by atomic mass is 16.7. The van der Waals surface area contributed by atoms with Crippen LogP contribution in [-0.4, -0.2) is 98.7 Å². The van der Waals surface area contributed by atoms with Gasteiger partial charge >= 0.3 is 0 Å². The Morgan fingerprint density at radius 2 is 1.13 bits per heavy atom. The summed E-state index contributed by atoms with van der Waals surface area (Å²) in [6.07, 6.45) is 25.9. The van der Waals surface area contributed by atoms with Gasteiger partial charge in [0.05, 0.1) is 25.4 Å². The molecule has 54 heavy (non-hydrogen) atoms. The van der Waals surface area contributed by atoms with Gasteiger partial charge in [0.2, 0.25) is 5.91 Å². The molecule has 1 rings (SSSR count). The molecule has 1 aliphatic rings. The van der Waals surface area contributed by atoms with Gasteiger partial charge in [0.1, 0.15) is 30.5 Å². The molecule has 0 bridgehead atoms. The Balaban J connectivity index is 2.41. The van der Waals surface area contributed by atoms with Crippen LogP contribution >= 0.6 is 0 Å². The van der Waals surface area contributed by atoms with Crippen LogP contribution in [0.3, 0.4) is 0 Å². The number of aliphatic hydroxyl groups excluding tert-OH is 6. The van der Waals surface area contributed by atoms with E-state index in [4.69, 9.17) is 9.47 Å². The van der Waals surface area contributed by atoms with Gasteiger partial charge < -0.3 is 45.4 Å². The maximum Gasteiger partial charge on any atom is 0.249 e. The number of allylic oxidation sites excluding steroid dienone is 1. The van der Waals surface area contributed by atoms with Crippen LogP contribution in [0.4, 0.5) is 0 Å². The maximum absolute atomic E-state index is 13.0. The van der Waals surface area contributed by atoms with E-state index >= 15 is 0 Å². The summed E-state index contributed by atoms with van der Waals surface area (Å²) < 4.78 is 11.1. The van der Waals surface area contributed by atoms with Crippen LogP contribution in [0.1, 0.15) is 194 Å². The van der Waals surface area contributed by atoms with Crippen molar-refractivity contribution < 1.29 is 44.9 Å². The molecule has 1 fully saturated rings. The van der Waals surface area contributed by atoms with Crippen molar-refractivity contribution in [3.8, 4) is 0 Å². The molecular weight excluding hydrogens is 686 g/mol. The molecule has 0 aromatic heterocycles. The fourth-order valence-corrected chi connectivity index (χ4v) is 7.17. The molecule has 0 aromatic rings. The van der Waals surface area contributed by atoms with Crippen LogP contribution in [0, 0.1) is 5.92 Å². The van der Waals surface area contributed by atoms with Crippen molar-refractivity contribution in [3.63, 3.8) is 0 Å². The summed E-state index contributed by atoms with van der Waals surface area (Å²) in [7, 11) is 0. The minimum absolute atomic E-state index is 0.303. The Morgan fingerprint density at radius 3 is 1.61 bits per heavy atom. The zero-order valence-corrected chi connectivity index (χ0v) is 34.8. The van der Waals surface area contributed by atoms with Crippen LogP contribution in [0.25, 0.3) is 0 Å². The van der Waals surface area contributed by atoms with E-state index in [1.54, 1.807) is 6.08 Å². The van der Waals surface area contributed by atoms with Crippen molar-refractivity contribution in [1.82, 2.24) is 5.32 Å². The lowest BCUT2D eigenvalue weighted by Crippen LogP contribution is -2.60. The van der Waals surface area contributed by atoms with Gasteiger partial charge in [-0.2, -0.15) is 0 Å². The van der Waals surface area contributed by atoms with Gasteiger partial charge in [0.15, 0.2) is 6.29 Å². The molecule has 7 N–H and O–H groups in total. The van der Waals surface area contributed by atoms with Crippen LogP contribution in [0.15, 0.2) is 12.2 Å². The van der Waals surface area contributed by atoms with Gasteiger partial charge in [-0.25, -0.2) is 0 Å². The first-order valence-corrected chi connectivity index (χ1v) is 22.4. The average molecular weight is 772 g/mol. The Labute approximate surface area is 329 Å². The van der Waals surface area contributed by atoms with E-state index in [0.29, 0.717) is 6.42 Å². The monoisotopic (exact) mass is 772 g/mol. The van der Waals surface area contributed by atoms with Crippen molar-refractivity contribution in [1.29, 1.82) is 0 Å². The summed E-state index contributed by atoms with van der Waals surface area (Å²) >= 11 is 0. The van der Waals surface area contributed by atoms with Crippen molar-refractivity contribution in [2.45, 2.75) is 243 Å². The molecule has 0 spiro atoms. The average Bonchev–Trinajstić information content (AvgIpc) is 3.15. The van der Waals surface area contributed by atoms with Crippen molar-refractivity contribution in [3.05, 3.63) is 12.2 Å². The molecule has 1 saturated heterocycles. The number of carbonyl (C=O) groups is 1. The second-order valence-electron chi connectivity index (χ2n) is 16.5. The predicted molar refractivity (Wildman–Crippen MR) is 218 cm³/mol. The third kappa shape index (κ3) is 25.2. The number of amides is 1. The largest absolute Gasteiger partial charge is 0.394 e. The lowest BCUT2D eigenvalue weighted by Gasteiger charge is -2.40. The topological polar surface area (TPSA) is 169 Å². The predicted octanol–water partition coefficient (Wildman–Crippen LogP) is 7.77. The van der Waals surface area contributed by atoms with Gasteiger partial charge in [0, 0.05) is 0 Å². The molecule has 0 aromatic carbocycles. The number of carbonyl (C=O) groups excluding carboxylic acids is 1. The second-order valence-corrected chi connectivity index (χ2v) is 16.5. The summed E-state index contributed by atoms with van der Waals surface area (Å²) in [5.74, 6) is 0.151. The van der Waals surface area contributed by atoms with Gasteiger partial charge in [-0.1, -0.05) is 187 Å². The summed E-state index contributed by atoms with van der Waals surface area (Å²) in [6, 6.07) is -0.975. The molecule has 1 aliphatic heterocycles. The van der Waals surface area contributed by atoms with Crippen molar-refractivity contribution in [2.75, 3.05) is 13.2 Å².